The first-order valence-corrected chi connectivity index (χ1v) is 8.33. The summed E-state index contributed by atoms with van der Waals surface area (Å²) in [6.07, 6.45) is 0. The van der Waals surface area contributed by atoms with Crippen molar-refractivity contribution in [1.82, 2.24) is 4.98 Å². The highest BCUT2D eigenvalue weighted by Crippen LogP contribution is 2.31. The molecule has 1 aliphatic rings. The first kappa shape index (κ1) is 14.3. The van der Waals surface area contributed by atoms with Gasteiger partial charge in [-0.25, -0.2) is 9.78 Å². The van der Waals surface area contributed by atoms with Crippen LogP contribution in [0, 0.1) is 0 Å². The van der Waals surface area contributed by atoms with Crippen LogP contribution >= 0.6 is 23.1 Å². The molecule has 0 radical (unpaired) electrons. The maximum Gasteiger partial charge on any atom is 0.331 e. The SMILES string of the molecule is CCOC(=O)C1CSC(c2nc3ccc(OC)cc3s2)=N1. The first-order valence-electron chi connectivity index (χ1n) is 6.53. The smallest absolute Gasteiger partial charge is 0.331 e. The van der Waals surface area contributed by atoms with Crippen molar-refractivity contribution in [1.29, 1.82) is 0 Å². The summed E-state index contributed by atoms with van der Waals surface area (Å²) in [6.45, 7) is 2.18. The van der Waals surface area contributed by atoms with E-state index >= 15 is 0 Å². The Morgan fingerprint density at radius 1 is 1.48 bits per heavy atom. The molecule has 21 heavy (non-hydrogen) atoms. The molecule has 0 bridgehead atoms. The van der Waals surface area contributed by atoms with Crippen LogP contribution in [0.2, 0.25) is 0 Å². The Balaban J connectivity index is 1.87. The maximum atomic E-state index is 11.7. The number of aromatic nitrogens is 1. The van der Waals surface area contributed by atoms with Crippen LogP contribution in [0.15, 0.2) is 23.2 Å². The third kappa shape index (κ3) is 2.89. The molecule has 0 aliphatic carbocycles. The Labute approximate surface area is 130 Å². The van der Waals surface area contributed by atoms with Crippen LogP contribution in [0.5, 0.6) is 5.75 Å². The molecule has 110 valence electrons. The zero-order valence-corrected chi connectivity index (χ0v) is 13.3. The first-order chi connectivity index (χ1) is 10.2. The summed E-state index contributed by atoms with van der Waals surface area (Å²) in [7, 11) is 1.64. The van der Waals surface area contributed by atoms with Gasteiger partial charge in [-0.05, 0) is 25.1 Å². The minimum absolute atomic E-state index is 0.261. The average molecular weight is 322 g/mol. The molecule has 1 aromatic carbocycles. The Kier molecular flexibility index (Phi) is 4.12. The van der Waals surface area contributed by atoms with Gasteiger partial charge in [-0.2, -0.15) is 0 Å². The van der Waals surface area contributed by atoms with E-state index in [1.807, 2.05) is 18.2 Å². The topological polar surface area (TPSA) is 60.8 Å². The van der Waals surface area contributed by atoms with Crippen LogP contribution in [0.3, 0.4) is 0 Å². The lowest BCUT2D eigenvalue weighted by Crippen LogP contribution is -2.21. The van der Waals surface area contributed by atoms with E-state index in [9.17, 15) is 4.79 Å². The number of rotatable bonds is 4. The fourth-order valence-corrected chi connectivity index (χ4v) is 4.06. The zero-order valence-electron chi connectivity index (χ0n) is 11.7. The summed E-state index contributed by atoms with van der Waals surface area (Å²) in [6, 6.07) is 5.36. The molecule has 5 nitrogen and oxygen atoms in total. The largest absolute Gasteiger partial charge is 0.497 e. The van der Waals surface area contributed by atoms with Crippen molar-refractivity contribution in [3.05, 3.63) is 23.2 Å². The van der Waals surface area contributed by atoms with Gasteiger partial charge in [0.15, 0.2) is 6.04 Å². The van der Waals surface area contributed by atoms with Crippen LogP contribution in [0.4, 0.5) is 0 Å². The van der Waals surface area contributed by atoms with Crippen molar-refractivity contribution in [3.63, 3.8) is 0 Å². The van der Waals surface area contributed by atoms with Crippen LogP contribution in [-0.4, -0.2) is 41.5 Å². The minimum Gasteiger partial charge on any atom is -0.497 e. The number of esters is 1. The van der Waals surface area contributed by atoms with E-state index in [0.717, 1.165) is 26.0 Å². The molecule has 0 saturated carbocycles. The van der Waals surface area contributed by atoms with Gasteiger partial charge in [0.25, 0.3) is 0 Å². The van der Waals surface area contributed by atoms with Gasteiger partial charge < -0.3 is 9.47 Å². The fraction of sp³-hybridized carbons (Fsp3) is 0.357. The molecule has 1 unspecified atom stereocenters. The molecule has 0 saturated heterocycles. The molecule has 0 N–H and O–H groups in total. The van der Waals surface area contributed by atoms with Gasteiger partial charge in [-0.3, -0.25) is 4.99 Å². The van der Waals surface area contributed by atoms with E-state index in [1.54, 1.807) is 37.1 Å². The van der Waals surface area contributed by atoms with Crippen molar-refractivity contribution in [2.75, 3.05) is 19.5 Å². The second kappa shape index (κ2) is 6.03. The number of carbonyl (C=O) groups excluding carboxylic acids is 1. The van der Waals surface area contributed by atoms with E-state index < -0.39 is 6.04 Å². The third-order valence-corrected chi connectivity index (χ3v) is 5.20. The predicted octanol–water partition coefficient (Wildman–Crippen LogP) is 2.73. The number of benzene rings is 1. The number of thiazole rings is 1. The standard InChI is InChI=1S/C14H14N2O3S2/c1-3-19-14(17)10-7-20-12(16-10)13-15-9-5-4-8(18-2)6-11(9)21-13/h4-6,10H,3,7H2,1-2H3. The van der Waals surface area contributed by atoms with E-state index in [1.165, 1.54) is 0 Å². The van der Waals surface area contributed by atoms with Gasteiger partial charge in [-0.15, -0.1) is 23.1 Å². The molecule has 2 heterocycles. The molecular weight excluding hydrogens is 308 g/mol. The van der Waals surface area contributed by atoms with Crippen molar-refractivity contribution in [2.24, 2.45) is 4.99 Å². The number of hydrogen-bond donors (Lipinski definition) is 0. The highest BCUT2D eigenvalue weighted by Gasteiger charge is 2.28. The van der Waals surface area contributed by atoms with Gasteiger partial charge >= 0.3 is 5.97 Å². The molecule has 1 atom stereocenters. The van der Waals surface area contributed by atoms with Crippen molar-refractivity contribution >= 4 is 44.3 Å². The molecule has 2 aromatic rings. The number of ether oxygens (including phenoxy) is 2. The summed E-state index contributed by atoms with van der Waals surface area (Å²) in [4.78, 5) is 20.7. The van der Waals surface area contributed by atoms with Crippen LogP contribution in [0.25, 0.3) is 10.2 Å². The number of thioether (sulfide) groups is 1. The van der Waals surface area contributed by atoms with Crippen molar-refractivity contribution in [3.8, 4) is 5.75 Å². The number of fused-ring (bicyclic) bond motifs is 1. The Morgan fingerprint density at radius 2 is 2.33 bits per heavy atom. The summed E-state index contributed by atoms with van der Waals surface area (Å²) in [5.74, 6) is 1.17. The van der Waals surface area contributed by atoms with Gasteiger partial charge in [-0.1, -0.05) is 0 Å². The Hall–Kier alpha value is -1.60. The normalized spacial score (nSPS) is 17.8. The second-order valence-corrected chi connectivity index (χ2v) is 6.41. The molecule has 0 fully saturated rings. The van der Waals surface area contributed by atoms with E-state index in [4.69, 9.17) is 9.47 Å². The third-order valence-electron chi connectivity index (χ3n) is 2.99. The minimum atomic E-state index is -0.411. The van der Waals surface area contributed by atoms with Crippen molar-refractivity contribution in [2.45, 2.75) is 13.0 Å². The van der Waals surface area contributed by atoms with Gasteiger partial charge in [0.05, 0.1) is 23.9 Å². The summed E-state index contributed by atoms with van der Waals surface area (Å²) in [5.41, 5.74) is 0.915. The van der Waals surface area contributed by atoms with E-state index in [-0.39, 0.29) is 5.97 Å². The van der Waals surface area contributed by atoms with Gasteiger partial charge in [0, 0.05) is 5.75 Å². The van der Waals surface area contributed by atoms with Crippen LogP contribution in [-0.2, 0) is 9.53 Å². The number of carbonyl (C=O) groups is 1. The second-order valence-electron chi connectivity index (χ2n) is 4.37. The lowest BCUT2D eigenvalue weighted by Gasteiger charge is -2.03. The Morgan fingerprint density at radius 3 is 3.10 bits per heavy atom. The number of methoxy groups -OCH3 is 1. The molecule has 0 amide bonds. The fourth-order valence-electron chi connectivity index (χ4n) is 1.97. The van der Waals surface area contributed by atoms with Crippen molar-refractivity contribution < 1.29 is 14.3 Å². The lowest BCUT2D eigenvalue weighted by molar-refractivity contribution is -0.143. The summed E-state index contributed by atoms with van der Waals surface area (Å²) in [5, 5.41) is 1.66. The highest BCUT2D eigenvalue weighted by molar-refractivity contribution is 8.15. The van der Waals surface area contributed by atoms with E-state index in [2.05, 4.69) is 9.98 Å². The quantitative estimate of drug-likeness (QED) is 0.810. The lowest BCUT2D eigenvalue weighted by atomic mass is 10.3. The molecule has 1 aliphatic heterocycles. The molecule has 7 heteroatoms. The summed E-state index contributed by atoms with van der Waals surface area (Å²) >= 11 is 3.11. The van der Waals surface area contributed by atoms with E-state index in [0.29, 0.717) is 12.4 Å². The molecular formula is C14H14N2O3S2. The maximum absolute atomic E-state index is 11.7. The molecule has 1 aromatic heterocycles. The van der Waals surface area contributed by atoms with Crippen LogP contribution in [0.1, 0.15) is 11.9 Å². The number of aliphatic imine (C=N–C) groups is 1. The number of nitrogens with zero attached hydrogens (tertiary/aromatic N) is 2. The van der Waals surface area contributed by atoms with Crippen LogP contribution < -0.4 is 4.74 Å². The molecule has 0 spiro atoms. The predicted molar refractivity (Wildman–Crippen MR) is 85.6 cm³/mol. The Bertz CT molecular complexity index is 711. The van der Waals surface area contributed by atoms with Gasteiger partial charge in [0.2, 0.25) is 0 Å². The summed E-state index contributed by atoms with van der Waals surface area (Å²) < 4.78 is 11.3. The number of hydrogen-bond acceptors (Lipinski definition) is 7. The van der Waals surface area contributed by atoms with Gasteiger partial charge in [0.1, 0.15) is 15.8 Å². The average Bonchev–Trinajstić information content (AvgIpc) is 3.13. The zero-order chi connectivity index (χ0) is 14.8. The highest BCUT2D eigenvalue weighted by atomic mass is 32.2. The molecule has 3 rings (SSSR count). The monoisotopic (exact) mass is 322 g/mol.